The van der Waals surface area contributed by atoms with Crippen LogP contribution in [0, 0.1) is 0 Å². The molecule has 0 unspecified atom stereocenters. The molecule has 4 nitrogen and oxygen atoms in total. The van der Waals surface area contributed by atoms with E-state index in [4.69, 9.17) is 4.74 Å². The molecule has 4 heteroatoms. The van der Waals surface area contributed by atoms with Crippen molar-refractivity contribution in [3.8, 4) is 0 Å². The number of carbonyl (C=O) groups excluding carboxylic acids is 1. The molecule has 1 amide bonds. The van der Waals surface area contributed by atoms with Gasteiger partial charge in [0.05, 0.1) is 0 Å². The van der Waals surface area contributed by atoms with E-state index in [-0.39, 0.29) is 11.7 Å². The largest absolute Gasteiger partial charge is 0.444 e. The standard InChI is InChI=1S/C12H22N2O2/c1-11(2,3)16-10(15)14-8-5-12(6-9-14)4-7-13-12/h13H,4-9H2,1-3H3. The number of hydrogen-bond donors (Lipinski definition) is 1. The summed E-state index contributed by atoms with van der Waals surface area (Å²) in [6.45, 7) is 8.49. The number of carbonyl (C=O) groups is 1. The molecule has 0 atom stereocenters. The Labute approximate surface area is 97.3 Å². The number of nitrogens with zero attached hydrogens (tertiary/aromatic N) is 1. The van der Waals surface area contributed by atoms with Crippen LogP contribution in [0.2, 0.25) is 0 Å². The van der Waals surface area contributed by atoms with Gasteiger partial charge in [-0.05, 0) is 46.6 Å². The summed E-state index contributed by atoms with van der Waals surface area (Å²) in [7, 11) is 0. The Balaban J connectivity index is 1.82. The smallest absolute Gasteiger partial charge is 0.410 e. The van der Waals surface area contributed by atoms with E-state index in [1.807, 2.05) is 25.7 Å². The molecule has 2 fully saturated rings. The van der Waals surface area contributed by atoms with E-state index in [0.717, 1.165) is 32.5 Å². The van der Waals surface area contributed by atoms with Crippen molar-refractivity contribution in [2.75, 3.05) is 19.6 Å². The lowest BCUT2D eigenvalue weighted by atomic mass is 9.79. The van der Waals surface area contributed by atoms with E-state index in [0.29, 0.717) is 5.54 Å². The summed E-state index contributed by atoms with van der Waals surface area (Å²) in [4.78, 5) is 13.6. The second-order valence-electron chi connectivity index (χ2n) is 5.92. The first-order valence-corrected chi connectivity index (χ1v) is 6.13. The quantitative estimate of drug-likeness (QED) is 0.684. The van der Waals surface area contributed by atoms with Crippen LogP contribution in [0.15, 0.2) is 0 Å². The van der Waals surface area contributed by atoms with Gasteiger partial charge in [0.1, 0.15) is 5.60 Å². The number of ether oxygens (including phenoxy) is 1. The van der Waals surface area contributed by atoms with Crippen LogP contribution in [0.25, 0.3) is 0 Å². The van der Waals surface area contributed by atoms with E-state index in [1.165, 1.54) is 6.42 Å². The number of piperidine rings is 1. The Hall–Kier alpha value is -0.770. The minimum absolute atomic E-state index is 0.165. The topological polar surface area (TPSA) is 41.6 Å². The zero-order valence-corrected chi connectivity index (χ0v) is 10.5. The minimum Gasteiger partial charge on any atom is -0.444 e. The van der Waals surface area contributed by atoms with Crippen molar-refractivity contribution >= 4 is 6.09 Å². The molecule has 1 N–H and O–H groups in total. The molecule has 2 rings (SSSR count). The number of hydrogen-bond acceptors (Lipinski definition) is 3. The third-order valence-electron chi connectivity index (χ3n) is 3.48. The Kier molecular flexibility index (Phi) is 2.86. The van der Waals surface area contributed by atoms with E-state index in [9.17, 15) is 4.79 Å². The zero-order valence-electron chi connectivity index (χ0n) is 10.5. The van der Waals surface area contributed by atoms with Crippen LogP contribution in [-0.4, -0.2) is 41.8 Å². The van der Waals surface area contributed by atoms with Gasteiger partial charge in [-0.3, -0.25) is 0 Å². The molecule has 0 bridgehead atoms. The summed E-state index contributed by atoms with van der Waals surface area (Å²) in [5, 5.41) is 3.49. The van der Waals surface area contributed by atoms with E-state index in [2.05, 4.69) is 5.32 Å². The number of likely N-dealkylation sites (tertiary alicyclic amines) is 1. The molecular weight excluding hydrogens is 204 g/mol. The first kappa shape index (κ1) is 11.7. The zero-order chi connectivity index (χ0) is 11.8. The highest BCUT2D eigenvalue weighted by atomic mass is 16.6. The summed E-state index contributed by atoms with van der Waals surface area (Å²) in [5.74, 6) is 0. The van der Waals surface area contributed by atoms with Crippen molar-refractivity contribution in [3.05, 3.63) is 0 Å². The van der Waals surface area contributed by atoms with E-state index >= 15 is 0 Å². The monoisotopic (exact) mass is 226 g/mol. The summed E-state index contributed by atoms with van der Waals surface area (Å²) in [5.41, 5.74) is -0.0422. The van der Waals surface area contributed by atoms with Crippen molar-refractivity contribution in [2.24, 2.45) is 0 Å². The second kappa shape index (κ2) is 3.91. The van der Waals surface area contributed by atoms with Crippen LogP contribution < -0.4 is 5.32 Å². The van der Waals surface area contributed by atoms with E-state index < -0.39 is 0 Å². The molecule has 0 aliphatic carbocycles. The van der Waals surface area contributed by atoms with Crippen LogP contribution in [0.3, 0.4) is 0 Å². The van der Waals surface area contributed by atoms with Crippen LogP contribution in [0.5, 0.6) is 0 Å². The molecule has 0 radical (unpaired) electrons. The summed E-state index contributed by atoms with van der Waals surface area (Å²) in [6.07, 6.45) is 3.22. The Bertz CT molecular complexity index is 269. The van der Waals surface area contributed by atoms with Gasteiger partial charge >= 0.3 is 6.09 Å². The fourth-order valence-corrected chi connectivity index (χ4v) is 2.35. The van der Waals surface area contributed by atoms with E-state index in [1.54, 1.807) is 0 Å². The molecule has 0 aromatic carbocycles. The van der Waals surface area contributed by atoms with Crippen molar-refractivity contribution in [1.29, 1.82) is 0 Å². The third kappa shape index (κ3) is 2.48. The minimum atomic E-state index is -0.388. The van der Waals surface area contributed by atoms with Crippen molar-refractivity contribution in [3.63, 3.8) is 0 Å². The van der Waals surface area contributed by atoms with Crippen molar-refractivity contribution in [1.82, 2.24) is 10.2 Å². The van der Waals surface area contributed by atoms with Gasteiger partial charge in [-0.25, -0.2) is 4.79 Å². The van der Waals surface area contributed by atoms with Gasteiger partial charge in [-0.2, -0.15) is 0 Å². The Morgan fingerprint density at radius 2 is 1.81 bits per heavy atom. The van der Waals surface area contributed by atoms with Crippen LogP contribution in [-0.2, 0) is 4.74 Å². The van der Waals surface area contributed by atoms with Crippen LogP contribution in [0.4, 0.5) is 4.79 Å². The maximum absolute atomic E-state index is 11.8. The Morgan fingerprint density at radius 1 is 1.25 bits per heavy atom. The maximum atomic E-state index is 11.8. The predicted octanol–water partition coefficient (Wildman–Crippen LogP) is 1.75. The molecule has 92 valence electrons. The average molecular weight is 226 g/mol. The summed E-state index contributed by atoms with van der Waals surface area (Å²) < 4.78 is 5.36. The van der Waals surface area contributed by atoms with Gasteiger partial charge in [0.15, 0.2) is 0 Å². The molecule has 2 aliphatic rings. The van der Waals surface area contributed by atoms with Gasteiger partial charge in [-0.15, -0.1) is 0 Å². The lowest BCUT2D eigenvalue weighted by Crippen LogP contribution is -2.62. The van der Waals surface area contributed by atoms with Crippen LogP contribution in [0.1, 0.15) is 40.0 Å². The number of amides is 1. The molecule has 2 heterocycles. The van der Waals surface area contributed by atoms with Crippen molar-refractivity contribution < 1.29 is 9.53 Å². The normalized spacial score (nSPS) is 24.1. The summed E-state index contributed by atoms with van der Waals surface area (Å²) >= 11 is 0. The van der Waals surface area contributed by atoms with Gasteiger partial charge in [-0.1, -0.05) is 0 Å². The molecule has 2 aliphatic heterocycles. The number of nitrogens with one attached hydrogen (secondary N) is 1. The fraction of sp³-hybridized carbons (Fsp3) is 0.917. The first-order chi connectivity index (χ1) is 7.40. The highest BCUT2D eigenvalue weighted by molar-refractivity contribution is 5.68. The fourth-order valence-electron chi connectivity index (χ4n) is 2.35. The maximum Gasteiger partial charge on any atom is 0.410 e. The lowest BCUT2D eigenvalue weighted by molar-refractivity contribution is 0.00881. The molecule has 0 saturated carbocycles. The molecular formula is C12H22N2O2. The van der Waals surface area contributed by atoms with Crippen molar-refractivity contribution in [2.45, 2.75) is 51.2 Å². The van der Waals surface area contributed by atoms with Gasteiger partial charge in [0, 0.05) is 18.6 Å². The average Bonchev–Trinajstić information content (AvgIpc) is 2.13. The third-order valence-corrected chi connectivity index (χ3v) is 3.48. The molecule has 16 heavy (non-hydrogen) atoms. The highest BCUT2D eigenvalue weighted by Crippen LogP contribution is 2.31. The molecule has 1 spiro atoms. The first-order valence-electron chi connectivity index (χ1n) is 6.13. The SMILES string of the molecule is CC(C)(C)OC(=O)N1CCC2(CCN2)CC1. The highest BCUT2D eigenvalue weighted by Gasteiger charge is 2.40. The van der Waals surface area contributed by atoms with Crippen LogP contribution >= 0.6 is 0 Å². The lowest BCUT2D eigenvalue weighted by Gasteiger charge is -2.48. The van der Waals surface area contributed by atoms with Gasteiger partial charge < -0.3 is 15.0 Å². The predicted molar refractivity (Wildman–Crippen MR) is 62.4 cm³/mol. The molecule has 2 saturated heterocycles. The molecule has 0 aromatic heterocycles. The van der Waals surface area contributed by atoms with Gasteiger partial charge in [0.25, 0.3) is 0 Å². The Morgan fingerprint density at radius 3 is 2.19 bits per heavy atom. The summed E-state index contributed by atoms with van der Waals surface area (Å²) in [6, 6.07) is 0. The second-order valence-corrected chi connectivity index (χ2v) is 5.92. The molecule has 0 aromatic rings. The number of rotatable bonds is 0. The van der Waals surface area contributed by atoms with Gasteiger partial charge in [0.2, 0.25) is 0 Å².